The number of carbonyl (C=O) groups is 2. The number of carbonyl (C=O) groups excluding carboxylic acids is 2. The Morgan fingerprint density at radius 2 is 2.15 bits per heavy atom. The maximum atomic E-state index is 12.1. The number of nitrogens with zero attached hydrogens (tertiary/aromatic N) is 4. The van der Waals surface area contributed by atoms with E-state index in [2.05, 4.69) is 15.6 Å². The van der Waals surface area contributed by atoms with E-state index in [0.717, 1.165) is 25.9 Å². The van der Waals surface area contributed by atoms with Crippen molar-refractivity contribution in [2.75, 3.05) is 19.6 Å². The van der Waals surface area contributed by atoms with E-state index in [1.165, 1.54) is 10.9 Å². The highest BCUT2D eigenvalue weighted by molar-refractivity contribution is 5.95. The van der Waals surface area contributed by atoms with E-state index >= 15 is 0 Å². The van der Waals surface area contributed by atoms with Crippen LogP contribution in [0.1, 0.15) is 30.3 Å². The Hall–Kier alpha value is -1.96. The third-order valence-corrected chi connectivity index (χ3v) is 3.27. The first kappa shape index (κ1) is 14.4. The Morgan fingerprint density at radius 3 is 2.80 bits per heavy atom. The fourth-order valence-corrected chi connectivity index (χ4v) is 2.19. The smallest absolute Gasteiger partial charge is 0.274 e. The first-order chi connectivity index (χ1) is 9.61. The summed E-state index contributed by atoms with van der Waals surface area (Å²) in [6, 6.07) is -0.555. The zero-order chi connectivity index (χ0) is 14.5. The highest BCUT2D eigenvalue weighted by Crippen LogP contribution is 2.09. The predicted octanol–water partition coefficient (Wildman–Crippen LogP) is -1.02. The molecule has 1 atom stereocenters. The monoisotopic (exact) mass is 280 g/mol. The maximum Gasteiger partial charge on any atom is 0.274 e. The quantitative estimate of drug-likeness (QED) is 0.718. The molecule has 1 aromatic rings. The molecule has 2 rings (SSSR count). The minimum absolute atomic E-state index is 0.0507. The molecule has 0 spiro atoms. The van der Waals surface area contributed by atoms with E-state index in [9.17, 15) is 9.59 Å². The lowest BCUT2D eigenvalue weighted by molar-refractivity contribution is -0.131. The molecule has 1 aliphatic rings. The summed E-state index contributed by atoms with van der Waals surface area (Å²) in [5.41, 5.74) is 5.59. The van der Waals surface area contributed by atoms with Crippen LogP contribution in [0.15, 0.2) is 6.20 Å². The van der Waals surface area contributed by atoms with Crippen LogP contribution in [-0.2, 0) is 11.3 Å². The van der Waals surface area contributed by atoms with Crippen molar-refractivity contribution in [2.45, 2.75) is 32.4 Å². The van der Waals surface area contributed by atoms with Crippen LogP contribution in [0.3, 0.4) is 0 Å². The van der Waals surface area contributed by atoms with Gasteiger partial charge in [0.05, 0.1) is 12.7 Å². The van der Waals surface area contributed by atoms with E-state index in [1.807, 2.05) is 0 Å². The topological polar surface area (TPSA) is 106 Å². The number of hydrogen-bond donors (Lipinski definition) is 2. The Labute approximate surface area is 117 Å². The molecule has 8 nitrogen and oxygen atoms in total. The van der Waals surface area contributed by atoms with Crippen LogP contribution in [0.5, 0.6) is 0 Å². The summed E-state index contributed by atoms with van der Waals surface area (Å²) < 4.78 is 1.50. The van der Waals surface area contributed by atoms with Gasteiger partial charge in [0.1, 0.15) is 6.04 Å². The van der Waals surface area contributed by atoms with Gasteiger partial charge in [-0.25, -0.2) is 0 Å². The summed E-state index contributed by atoms with van der Waals surface area (Å²) in [5, 5.41) is 10.2. The fraction of sp³-hybridized carbons (Fsp3) is 0.667. The van der Waals surface area contributed by atoms with Crippen molar-refractivity contribution in [1.82, 2.24) is 25.2 Å². The molecule has 1 unspecified atom stereocenters. The van der Waals surface area contributed by atoms with Gasteiger partial charge in [0.2, 0.25) is 5.91 Å². The van der Waals surface area contributed by atoms with Gasteiger partial charge in [-0.05, 0) is 19.8 Å². The molecule has 20 heavy (non-hydrogen) atoms. The van der Waals surface area contributed by atoms with Crippen molar-refractivity contribution >= 4 is 11.8 Å². The highest BCUT2D eigenvalue weighted by atomic mass is 16.2. The predicted molar refractivity (Wildman–Crippen MR) is 71.8 cm³/mol. The van der Waals surface area contributed by atoms with Crippen LogP contribution in [0, 0.1) is 0 Å². The maximum absolute atomic E-state index is 12.1. The normalized spacial score (nSPS) is 16.2. The molecule has 0 saturated carbocycles. The SMILES string of the molecule is CC(NC(=O)c1cn(CCN)nn1)C(=O)N1CCCC1. The van der Waals surface area contributed by atoms with E-state index in [-0.39, 0.29) is 11.6 Å². The minimum atomic E-state index is -0.555. The lowest BCUT2D eigenvalue weighted by atomic mass is 10.2. The third kappa shape index (κ3) is 3.32. The third-order valence-electron chi connectivity index (χ3n) is 3.27. The number of nitrogens with two attached hydrogens (primary N) is 1. The lowest BCUT2D eigenvalue weighted by Crippen LogP contribution is -2.46. The molecular weight excluding hydrogens is 260 g/mol. The van der Waals surface area contributed by atoms with Gasteiger partial charge in [0.15, 0.2) is 5.69 Å². The van der Waals surface area contributed by atoms with Gasteiger partial charge in [0.25, 0.3) is 5.91 Å². The van der Waals surface area contributed by atoms with Crippen LogP contribution >= 0.6 is 0 Å². The lowest BCUT2D eigenvalue weighted by Gasteiger charge is -2.20. The van der Waals surface area contributed by atoms with Gasteiger partial charge >= 0.3 is 0 Å². The Balaban J connectivity index is 1.90. The molecule has 0 bridgehead atoms. The summed E-state index contributed by atoms with van der Waals surface area (Å²) in [4.78, 5) is 25.8. The van der Waals surface area contributed by atoms with Gasteiger partial charge in [0, 0.05) is 19.6 Å². The Kier molecular flexibility index (Phi) is 4.67. The van der Waals surface area contributed by atoms with E-state index in [0.29, 0.717) is 13.1 Å². The molecule has 1 aromatic heterocycles. The van der Waals surface area contributed by atoms with Crippen molar-refractivity contribution in [3.8, 4) is 0 Å². The summed E-state index contributed by atoms with van der Waals surface area (Å²) in [6.45, 7) is 4.15. The van der Waals surface area contributed by atoms with Gasteiger partial charge in [-0.2, -0.15) is 0 Å². The molecule has 2 heterocycles. The second-order valence-electron chi connectivity index (χ2n) is 4.88. The summed E-state index contributed by atoms with van der Waals surface area (Å²) in [6.07, 6.45) is 3.58. The molecule has 0 aromatic carbocycles. The van der Waals surface area contributed by atoms with E-state index in [4.69, 9.17) is 5.73 Å². The van der Waals surface area contributed by atoms with Gasteiger partial charge in [-0.1, -0.05) is 5.21 Å². The number of nitrogens with one attached hydrogen (secondary N) is 1. The first-order valence-electron chi connectivity index (χ1n) is 6.81. The number of rotatable bonds is 5. The molecule has 1 fully saturated rings. The first-order valence-corrected chi connectivity index (χ1v) is 6.81. The number of aromatic nitrogens is 3. The molecule has 8 heteroatoms. The van der Waals surface area contributed by atoms with Crippen molar-refractivity contribution in [3.63, 3.8) is 0 Å². The molecule has 110 valence electrons. The highest BCUT2D eigenvalue weighted by Gasteiger charge is 2.25. The molecule has 3 N–H and O–H groups in total. The summed E-state index contributed by atoms with van der Waals surface area (Å²) in [5.74, 6) is -0.446. The average Bonchev–Trinajstić information content (AvgIpc) is 3.09. The fourth-order valence-electron chi connectivity index (χ4n) is 2.19. The standard InChI is InChI=1S/C12H20N6O2/c1-9(12(20)17-5-2-3-6-17)14-11(19)10-8-18(7-4-13)16-15-10/h8-9H,2-7,13H2,1H3,(H,14,19). The Morgan fingerprint density at radius 1 is 1.45 bits per heavy atom. The van der Waals surface area contributed by atoms with Crippen molar-refractivity contribution in [3.05, 3.63) is 11.9 Å². The van der Waals surface area contributed by atoms with Crippen LogP contribution in [-0.4, -0.2) is 57.4 Å². The van der Waals surface area contributed by atoms with Crippen LogP contribution in [0.4, 0.5) is 0 Å². The Bertz CT molecular complexity index is 480. The molecule has 1 aliphatic heterocycles. The van der Waals surface area contributed by atoms with Crippen LogP contribution < -0.4 is 11.1 Å². The van der Waals surface area contributed by atoms with Crippen molar-refractivity contribution in [1.29, 1.82) is 0 Å². The molecular formula is C12H20N6O2. The largest absolute Gasteiger partial charge is 0.341 e. The van der Waals surface area contributed by atoms with Gasteiger partial charge in [-0.15, -0.1) is 5.10 Å². The summed E-state index contributed by atoms with van der Waals surface area (Å²) in [7, 11) is 0. The molecule has 2 amide bonds. The summed E-state index contributed by atoms with van der Waals surface area (Å²) >= 11 is 0. The van der Waals surface area contributed by atoms with E-state index < -0.39 is 11.9 Å². The zero-order valence-electron chi connectivity index (χ0n) is 11.6. The second-order valence-corrected chi connectivity index (χ2v) is 4.88. The molecule has 0 radical (unpaired) electrons. The zero-order valence-corrected chi connectivity index (χ0v) is 11.6. The average molecular weight is 280 g/mol. The van der Waals surface area contributed by atoms with Gasteiger partial charge < -0.3 is 16.0 Å². The molecule has 1 saturated heterocycles. The minimum Gasteiger partial charge on any atom is -0.341 e. The molecule has 0 aliphatic carbocycles. The van der Waals surface area contributed by atoms with Crippen LogP contribution in [0.25, 0.3) is 0 Å². The van der Waals surface area contributed by atoms with Crippen LogP contribution in [0.2, 0.25) is 0 Å². The number of likely N-dealkylation sites (tertiary alicyclic amines) is 1. The van der Waals surface area contributed by atoms with Crippen molar-refractivity contribution < 1.29 is 9.59 Å². The van der Waals surface area contributed by atoms with Gasteiger partial charge in [-0.3, -0.25) is 14.3 Å². The number of amides is 2. The second kappa shape index (κ2) is 6.47. The van der Waals surface area contributed by atoms with E-state index in [1.54, 1.807) is 11.8 Å². The van der Waals surface area contributed by atoms with Crippen molar-refractivity contribution in [2.24, 2.45) is 5.73 Å². The number of hydrogen-bond acceptors (Lipinski definition) is 5.